The number of Topliss-reactive ketones (excluding diaryl/α,β-unsaturated/α-hetero) is 1. The van der Waals surface area contributed by atoms with E-state index in [0.717, 1.165) is 5.56 Å². The standard InChI is InChI=1S/C10H9NO3/c1-6-9(10(6)12)7-2-4-8(5-3-7)11(13)14/h2-6,9H,1H3. The Kier molecular flexibility index (Phi) is 1.84. The second kappa shape index (κ2) is 2.90. The third kappa shape index (κ3) is 1.28. The van der Waals surface area contributed by atoms with Gasteiger partial charge in [-0.15, -0.1) is 0 Å². The van der Waals surface area contributed by atoms with Gasteiger partial charge in [-0.3, -0.25) is 14.9 Å². The molecule has 2 rings (SSSR count). The molecule has 1 aromatic rings. The third-order valence-electron chi connectivity index (χ3n) is 2.61. The molecule has 0 N–H and O–H groups in total. The van der Waals surface area contributed by atoms with Crippen LogP contribution in [0.3, 0.4) is 0 Å². The lowest BCUT2D eigenvalue weighted by Gasteiger charge is -1.95. The summed E-state index contributed by atoms with van der Waals surface area (Å²) in [6.07, 6.45) is 0. The lowest BCUT2D eigenvalue weighted by molar-refractivity contribution is -0.384. The van der Waals surface area contributed by atoms with Crippen molar-refractivity contribution in [1.82, 2.24) is 0 Å². The van der Waals surface area contributed by atoms with Crippen LogP contribution < -0.4 is 0 Å². The average Bonchev–Trinajstić information content (AvgIpc) is 2.75. The van der Waals surface area contributed by atoms with Crippen LogP contribution in [-0.4, -0.2) is 10.7 Å². The Hall–Kier alpha value is -1.71. The van der Waals surface area contributed by atoms with Gasteiger partial charge in [-0.1, -0.05) is 19.1 Å². The highest BCUT2D eigenvalue weighted by Crippen LogP contribution is 2.42. The first-order valence-electron chi connectivity index (χ1n) is 4.39. The zero-order chi connectivity index (χ0) is 10.3. The molecule has 0 amide bonds. The number of non-ortho nitro benzene ring substituents is 1. The fourth-order valence-corrected chi connectivity index (χ4v) is 1.62. The van der Waals surface area contributed by atoms with Gasteiger partial charge >= 0.3 is 0 Å². The molecule has 1 aliphatic rings. The van der Waals surface area contributed by atoms with Crippen LogP contribution >= 0.6 is 0 Å². The molecular weight excluding hydrogens is 182 g/mol. The first-order chi connectivity index (χ1) is 6.61. The fourth-order valence-electron chi connectivity index (χ4n) is 1.62. The Morgan fingerprint density at radius 3 is 2.14 bits per heavy atom. The fraction of sp³-hybridized carbons (Fsp3) is 0.300. The van der Waals surface area contributed by atoms with Crippen LogP contribution in [0.2, 0.25) is 0 Å². The second-order valence-corrected chi connectivity index (χ2v) is 3.52. The number of ketones is 1. The lowest BCUT2D eigenvalue weighted by atomic mass is 10.1. The highest BCUT2D eigenvalue weighted by molar-refractivity contribution is 6.04. The number of nitro benzene ring substituents is 1. The highest BCUT2D eigenvalue weighted by Gasteiger charge is 2.46. The molecule has 1 aliphatic carbocycles. The van der Waals surface area contributed by atoms with Crippen LogP contribution in [-0.2, 0) is 4.79 Å². The maximum Gasteiger partial charge on any atom is 0.269 e. The van der Waals surface area contributed by atoms with Crippen molar-refractivity contribution in [2.75, 3.05) is 0 Å². The van der Waals surface area contributed by atoms with Crippen molar-refractivity contribution in [2.45, 2.75) is 12.8 Å². The van der Waals surface area contributed by atoms with E-state index in [1.807, 2.05) is 6.92 Å². The van der Waals surface area contributed by atoms with Crippen molar-refractivity contribution in [2.24, 2.45) is 5.92 Å². The van der Waals surface area contributed by atoms with E-state index in [0.29, 0.717) is 0 Å². The van der Waals surface area contributed by atoms with Crippen molar-refractivity contribution in [3.05, 3.63) is 39.9 Å². The molecule has 0 spiro atoms. The smallest absolute Gasteiger partial charge is 0.269 e. The molecule has 0 aliphatic heterocycles. The number of benzene rings is 1. The van der Waals surface area contributed by atoms with Gasteiger partial charge in [0.25, 0.3) is 5.69 Å². The third-order valence-corrected chi connectivity index (χ3v) is 2.61. The van der Waals surface area contributed by atoms with Crippen molar-refractivity contribution in [3.63, 3.8) is 0 Å². The largest absolute Gasteiger partial charge is 0.299 e. The van der Waals surface area contributed by atoms with Gasteiger partial charge in [-0.05, 0) is 5.56 Å². The van der Waals surface area contributed by atoms with E-state index in [4.69, 9.17) is 0 Å². The molecule has 1 aromatic carbocycles. The van der Waals surface area contributed by atoms with Crippen molar-refractivity contribution >= 4 is 11.5 Å². The molecule has 14 heavy (non-hydrogen) atoms. The van der Waals surface area contributed by atoms with Gasteiger partial charge < -0.3 is 0 Å². The first-order valence-corrected chi connectivity index (χ1v) is 4.39. The summed E-state index contributed by atoms with van der Waals surface area (Å²) in [7, 11) is 0. The summed E-state index contributed by atoms with van der Waals surface area (Å²) in [6.45, 7) is 1.87. The quantitative estimate of drug-likeness (QED) is 0.529. The normalized spacial score (nSPS) is 24.8. The number of rotatable bonds is 2. The molecule has 0 saturated heterocycles. The van der Waals surface area contributed by atoms with E-state index >= 15 is 0 Å². The molecule has 4 nitrogen and oxygen atoms in total. The number of hydrogen-bond donors (Lipinski definition) is 0. The summed E-state index contributed by atoms with van der Waals surface area (Å²) in [4.78, 5) is 21.0. The van der Waals surface area contributed by atoms with Gasteiger partial charge in [0.05, 0.1) is 10.8 Å². The Bertz CT molecular complexity index is 396. The van der Waals surface area contributed by atoms with Gasteiger partial charge in [0, 0.05) is 18.1 Å². The number of carbonyl (C=O) groups excluding carboxylic acids is 1. The molecule has 72 valence electrons. The van der Waals surface area contributed by atoms with Crippen molar-refractivity contribution < 1.29 is 9.72 Å². The summed E-state index contributed by atoms with van der Waals surface area (Å²) in [5.74, 6) is 0.270. The summed E-state index contributed by atoms with van der Waals surface area (Å²) in [6, 6.07) is 6.19. The molecule has 0 aromatic heterocycles. The van der Waals surface area contributed by atoms with Crippen LogP contribution in [0.25, 0.3) is 0 Å². The van der Waals surface area contributed by atoms with Crippen LogP contribution in [0, 0.1) is 16.0 Å². The highest BCUT2D eigenvalue weighted by atomic mass is 16.6. The minimum absolute atomic E-state index is 0.0317. The van der Waals surface area contributed by atoms with E-state index in [1.54, 1.807) is 12.1 Å². The molecule has 0 heterocycles. The Morgan fingerprint density at radius 1 is 1.29 bits per heavy atom. The molecule has 1 saturated carbocycles. The molecular formula is C10H9NO3. The van der Waals surface area contributed by atoms with E-state index < -0.39 is 4.92 Å². The van der Waals surface area contributed by atoms with Gasteiger partial charge in [-0.2, -0.15) is 0 Å². The SMILES string of the molecule is CC1C(=O)C1c1ccc([N+](=O)[O-])cc1. The maximum absolute atomic E-state index is 11.1. The van der Waals surface area contributed by atoms with Gasteiger partial charge in [-0.25, -0.2) is 0 Å². The van der Waals surface area contributed by atoms with Crippen LogP contribution in [0.1, 0.15) is 18.4 Å². The molecule has 1 fully saturated rings. The van der Waals surface area contributed by atoms with Gasteiger partial charge in [0.15, 0.2) is 0 Å². The monoisotopic (exact) mass is 191 g/mol. The van der Waals surface area contributed by atoms with Crippen LogP contribution in [0.5, 0.6) is 0 Å². The van der Waals surface area contributed by atoms with E-state index in [2.05, 4.69) is 0 Å². The second-order valence-electron chi connectivity index (χ2n) is 3.52. The topological polar surface area (TPSA) is 60.2 Å². The van der Waals surface area contributed by atoms with E-state index in [-0.39, 0.29) is 23.3 Å². The Labute approximate surface area is 80.7 Å². The predicted octanol–water partition coefficient (Wildman–Crippen LogP) is 1.90. The number of hydrogen-bond acceptors (Lipinski definition) is 3. The minimum atomic E-state index is -0.443. The van der Waals surface area contributed by atoms with Gasteiger partial charge in [0.1, 0.15) is 5.78 Å². The number of nitro groups is 1. The first kappa shape index (κ1) is 8.87. The Balaban J connectivity index is 2.23. The number of nitrogens with zero attached hydrogens (tertiary/aromatic N) is 1. The zero-order valence-corrected chi connectivity index (χ0v) is 7.64. The summed E-state index contributed by atoms with van der Waals surface area (Å²) in [5.41, 5.74) is 0.947. The van der Waals surface area contributed by atoms with Crippen molar-refractivity contribution in [3.8, 4) is 0 Å². The summed E-state index contributed by atoms with van der Waals surface area (Å²) < 4.78 is 0. The van der Waals surface area contributed by atoms with Gasteiger partial charge in [0.2, 0.25) is 0 Å². The maximum atomic E-state index is 11.1. The average molecular weight is 191 g/mol. The summed E-state index contributed by atoms with van der Waals surface area (Å²) in [5, 5.41) is 10.4. The summed E-state index contributed by atoms with van der Waals surface area (Å²) >= 11 is 0. The predicted molar refractivity (Wildman–Crippen MR) is 50.0 cm³/mol. The molecule has 0 bridgehead atoms. The van der Waals surface area contributed by atoms with Crippen LogP contribution in [0.4, 0.5) is 5.69 Å². The molecule has 2 unspecified atom stereocenters. The molecule has 0 radical (unpaired) electrons. The zero-order valence-electron chi connectivity index (χ0n) is 7.64. The van der Waals surface area contributed by atoms with E-state index in [1.165, 1.54) is 12.1 Å². The molecule has 2 atom stereocenters. The molecule has 4 heteroatoms. The van der Waals surface area contributed by atoms with Crippen molar-refractivity contribution in [1.29, 1.82) is 0 Å². The number of carbonyl (C=O) groups is 1. The van der Waals surface area contributed by atoms with E-state index in [9.17, 15) is 14.9 Å². The lowest BCUT2D eigenvalue weighted by Crippen LogP contribution is -1.88. The minimum Gasteiger partial charge on any atom is -0.299 e. The van der Waals surface area contributed by atoms with Crippen LogP contribution in [0.15, 0.2) is 24.3 Å². The Morgan fingerprint density at radius 2 is 1.79 bits per heavy atom.